The van der Waals surface area contributed by atoms with Crippen LogP contribution < -0.4 is 0 Å². The summed E-state index contributed by atoms with van der Waals surface area (Å²) < 4.78 is 6.61. The molecule has 2 heterocycles. The first-order valence-corrected chi connectivity index (χ1v) is 19.2. The first kappa shape index (κ1) is 32.7. The van der Waals surface area contributed by atoms with Crippen molar-refractivity contribution in [3.05, 3.63) is 200 Å². The van der Waals surface area contributed by atoms with E-state index in [0.29, 0.717) is 17.5 Å². The molecule has 0 saturated heterocycles. The van der Waals surface area contributed by atoms with Gasteiger partial charge in [-0.05, 0) is 61.7 Å². The maximum atomic E-state index is 6.61. The van der Waals surface area contributed by atoms with Crippen LogP contribution in [0.4, 0.5) is 0 Å². The van der Waals surface area contributed by atoms with E-state index in [4.69, 9.17) is 19.4 Å². The smallest absolute Gasteiger partial charge is 0.164 e. The number of rotatable bonds is 6. The van der Waals surface area contributed by atoms with Crippen LogP contribution in [-0.2, 0) is 0 Å². The third kappa shape index (κ3) is 5.74. The van der Waals surface area contributed by atoms with Crippen LogP contribution in [0.25, 0.3) is 111 Å². The van der Waals surface area contributed by atoms with Gasteiger partial charge in [-0.1, -0.05) is 188 Å². The van der Waals surface area contributed by atoms with Crippen molar-refractivity contribution in [3.8, 4) is 67.5 Å². The number of aromatic nitrogens is 3. The highest BCUT2D eigenvalue weighted by molar-refractivity contribution is 6.22. The molecule has 0 aliphatic carbocycles. The predicted molar refractivity (Wildman–Crippen MR) is 235 cm³/mol. The van der Waals surface area contributed by atoms with E-state index in [9.17, 15) is 0 Å². The zero-order valence-corrected chi connectivity index (χ0v) is 30.8. The number of nitrogens with zero attached hydrogens (tertiary/aromatic N) is 3. The summed E-state index contributed by atoms with van der Waals surface area (Å²) in [6.45, 7) is 0. The molecule has 9 aromatic carbocycles. The SMILES string of the molecule is c1ccc(-c2nc(-c3ccc(-c4cccc5ccccc45)cc3)nc(-c3ccc(-c4cc5c(oc6cccc(-c7ccccc7)c65)c5ccccc45)cc3)n2)cc1. The van der Waals surface area contributed by atoms with E-state index in [1.165, 1.54) is 16.3 Å². The Balaban J connectivity index is 1.02. The second kappa shape index (κ2) is 13.6. The summed E-state index contributed by atoms with van der Waals surface area (Å²) in [6, 6.07) is 69.9. The van der Waals surface area contributed by atoms with Gasteiger partial charge in [0.2, 0.25) is 0 Å². The van der Waals surface area contributed by atoms with Gasteiger partial charge in [-0.15, -0.1) is 0 Å². The topological polar surface area (TPSA) is 51.8 Å². The van der Waals surface area contributed by atoms with Crippen LogP contribution in [0.2, 0.25) is 0 Å². The Labute approximate surface area is 329 Å². The molecule has 0 fully saturated rings. The molecule has 0 spiro atoms. The van der Waals surface area contributed by atoms with E-state index in [1.54, 1.807) is 0 Å². The average Bonchev–Trinajstić information content (AvgIpc) is 3.68. The van der Waals surface area contributed by atoms with Gasteiger partial charge in [0.25, 0.3) is 0 Å². The lowest BCUT2D eigenvalue weighted by Gasteiger charge is -2.11. The predicted octanol–water partition coefficient (Wildman–Crippen LogP) is 14.1. The summed E-state index contributed by atoms with van der Waals surface area (Å²) in [5.41, 5.74) is 11.5. The molecule has 0 unspecified atom stereocenters. The Morgan fingerprint density at radius 3 is 1.42 bits per heavy atom. The van der Waals surface area contributed by atoms with Gasteiger partial charge < -0.3 is 4.42 Å². The van der Waals surface area contributed by atoms with Gasteiger partial charge in [0.05, 0.1) is 0 Å². The molecule has 0 bridgehead atoms. The highest BCUT2D eigenvalue weighted by atomic mass is 16.3. The molecule has 4 nitrogen and oxygen atoms in total. The van der Waals surface area contributed by atoms with Gasteiger partial charge >= 0.3 is 0 Å². The van der Waals surface area contributed by atoms with Crippen LogP contribution in [0.5, 0.6) is 0 Å². The van der Waals surface area contributed by atoms with E-state index in [-0.39, 0.29) is 0 Å². The Morgan fingerprint density at radius 1 is 0.298 bits per heavy atom. The number of furan rings is 1. The lowest BCUT2D eigenvalue weighted by molar-refractivity contribution is 0.673. The largest absolute Gasteiger partial charge is 0.455 e. The summed E-state index contributed by atoms with van der Waals surface area (Å²) >= 11 is 0. The molecular formula is C53H33N3O. The molecule has 0 saturated carbocycles. The number of benzene rings is 9. The molecule has 0 radical (unpaired) electrons. The van der Waals surface area contributed by atoms with Crippen LogP contribution in [0.3, 0.4) is 0 Å². The Bertz CT molecular complexity index is 3260. The molecule has 0 N–H and O–H groups in total. The fraction of sp³-hybridized carbons (Fsp3) is 0. The summed E-state index contributed by atoms with van der Waals surface area (Å²) in [5.74, 6) is 1.89. The fourth-order valence-electron chi connectivity index (χ4n) is 8.17. The van der Waals surface area contributed by atoms with Gasteiger partial charge in [0.1, 0.15) is 11.2 Å². The molecule has 266 valence electrons. The standard InChI is InChI=1S/C53H33N3O/c1-3-13-35(14-4-1)43-23-12-24-48-49(43)47-33-46(44-20-9-10-21-45(44)50(47)57-48)37-27-31-40(32-28-37)53-55-51(38-16-5-2-6-17-38)54-52(56-53)39-29-25-36(26-30-39)42-22-11-18-34-15-7-8-19-41(34)42/h1-33H. The first-order chi connectivity index (χ1) is 28.2. The van der Waals surface area contributed by atoms with Crippen LogP contribution in [-0.4, -0.2) is 15.0 Å². The van der Waals surface area contributed by atoms with Crippen molar-refractivity contribution in [2.24, 2.45) is 0 Å². The third-order valence-electron chi connectivity index (χ3n) is 11.0. The first-order valence-electron chi connectivity index (χ1n) is 19.2. The van der Waals surface area contributed by atoms with Gasteiger partial charge in [0.15, 0.2) is 17.5 Å². The highest BCUT2D eigenvalue weighted by Gasteiger charge is 2.19. The average molecular weight is 728 g/mol. The summed E-state index contributed by atoms with van der Waals surface area (Å²) in [5, 5.41) is 6.90. The summed E-state index contributed by atoms with van der Waals surface area (Å²) in [6.07, 6.45) is 0. The summed E-state index contributed by atoms with van der Waals surface area (Å²) in [7, 11) is 0. The second-order valence-corrected chi connectivity index (χ2v) is 14.3. The highest BCUT2D eigenvalue weighted by Crippen LogP contribution is 2.43. The molecule has 0 amide bonds. The van der Waals surface area contributed by atoms with Crippen LogP contribution in [0, 0.1) is 0 Å². The number of fused-ring (bicyclic) bond motifs is 6. The number of hydrogen-bond donors (Lipinski definition) is 0. The van der Waals surface area contributed by atoms with E-state index in [0.717, 1.165) is 77.2 Å². The minimum atomic E-state index is 0.622. The minimum absolute atomic E-state index is 0.622. The molecule has 57 heavy (non-hydrogen) atoms. The van der Waals surface area contributed by atoms with Crippen molar-refractivity contribution in [2.75, 3.05) is 0 Å². The molecule has 11 rings (SSSR count). The zero-order valence-electron chi connectivity index (χ0n) is 30.8. The van der Waals surface area contributed by atoms with E-state index in [1.807, 2.05) is 30.3 Å². The molecule has 4 heteroatoms. The monoisotopic (exact) mass is 727 g/mol. The fourth-order valence-corrected chi connectivity index (χ4v) is 8.17. The normalized spacial score (nSPS) is 11.5. The van der Waals surface area contributed by atoms with Crippen molar-refractivity contribution in [2.45, 2.75) is 0 Å². The molecular weight excluding hydrogens is 695 g/mol. The van der Waals surface area contributed by atoms with Crippen LogP contribution >= 0.6 is 0 Å². The Morgan fingerprint density at radius 2 is 0.754 bits per heavy atom. The quantitative estimate of drug-likeness (QED) is 0.171. The Kier molecular flexibility index (Phi) is 7.78. The van der Waals surface area contributed by atoms with Gasteiger partial charge in [0, 0.05) is 32.8 Å². The minimum Gasteiger partial charge on any atom is -0.455 e. The van der Waals surface area contributed by atoms with Crippen molar-refractivity contribution in [1.29, 1.82) is 0 Å². The van der Waals surface area contributed by atoms with Crippen molar-refractivity contribution < 1.29 is 4.42 Å². The molecule has 0 atom stereocenters. The van der Waals surface area contributed by atoms with Gasteiger partial charge in [-0.3, -0.25) is 0 Å². The Hall–Kier alpha value is -7.69. The van der Waals surface area contributed by atoms with Gasteiger partial charge in [-0.2, -0.15) is 0 Å². The number of hydrogen-bond acceptors (Lipinski definition) is 4. The van der Waals surface area contributed by atoms with Crippen molar-refractivity contribution in [3.63, 3.8) is 0 Å². The van der Waals surface area contributed by atoms with Crippen LogP contribution in [0.15, 0.2) is 205 Å². The molecule has 0 aliphatic heterocycles. The maximum Gasteiger partial charge on any atom is 0.164 e. The van der Waals surface area contributed by atoms with E-state index < -0.39 is 0 Å². The lowest BCUT2D eigenvalue weighted by Crippen LogP contribution is -2.00. The van der Waals surface area contributed by atoms with E-state index >= 15 is 0 Å². The van der Waals surface area contributed by atoms with Crippen molar-refractivity contribution >= 4 is 43.5 Å². The van der Waals surface area contributed by atoms with Gasteiger partial charge in [-0.25, -0.2) is 15.0 Å². The third-order valence-corrected chi connectivity index (χ3v) is 11.0. The lowest BCUT2D eigenvalue weighted by atomic mass is 9.93. The van der Waals surface area contributed by atoms with Crippen LogP contribution in [0.1, 0.15) is 0 Å². The molecule has 0 aliphatic rings. The molecule has 2 aromatic heterocycles. The second-order valence-electron chi connectivity index (χ2n) is 14.3. The maximum absolute atomic E-state index is 6.61. The van der Waals surface area contributed by atoms with Crippen molar-refractivity contribution in [1.82, 2.24) is 15.0 Å². The molecule has 11 aromatic rings. The zero-order chi connectivity index (χ0) is 37.7. The summed E-state index contributed by atoms with van der Waals surface area (Å²) in [4.78, 5) is 15.1. The van der Waals surface area contributed by atoms with E-state index in [2.05, 4.69) is 170 Å².